The number of aromatic amines is 1. The molecule has 26 heavy (non-hydrogen) atoms. The van der Waals surface area contributed by atoms with Gasteiger partial charge >= 0.3 is 0 Å². The molecule has 0 saturated carbocycles. The van der Waals surface area contributed by atoms with Gasteiger partial charge in [0.05, 0.1) is 5.69 Å². The van der Waals surface area contributed by atoms with Gasteiger partial charge in [-0.15, -0.1) is 10.2 Å². The summed E-state index contributed by atoms with van der Waals surface area (Å²) in [5.74, 6) is -1.61. The van der Waals surface area contributed by atoms with Gasteiger partial charge in [0.2, 0.25) is 5.89 Å². The Hall–Kier alpha value is -2.75. The number of anilines is 1. The topological polar surface area (TPSA) is 101 Å². The Labute approximate surface area is 148 Å². The van der Waals surface area contributed by atoms with Gasteiger partial charge in [0.15, 0.2) is 11.6 Å². The second kappa shape index (κ2) is 6.52. The van der Waals surface area contributed by atoms with E-state index in [2.05, 4.69) is 19.9 Å². The smallest absolute Gasteiger partial charge is 0.264 e. The Kier molecular flexibility index (Phi) is 4.53. The van der Waals surface area contributed by atoms with Crippen LogP contribution in [0.1, 0.15) is 24.1 Å². The molecule has 0 aliphatic heterocycles. The summed E-state index contributed by atoms with van der Waals surface area (Å²) in [4.78, 5) is 2.91. The molecule has 7 nitrogen and oxygen atoms in total. The van der Waals surface area contributed by atoms with Gasteiger partial charge in [-0.25, -0.2) is 17.2 Å². The number of benzene rings is 1. The lowest BCUT2D eigenvalue weighted by Gasteiger charge is -2.09. The summed E-state index contributed by atoms with van der Waals surface area (Å²) in [5, 5.41) is 7.77. The van der Waals surface area contributed by atoms with Crippen LogP contribution in [0.25, 0.3) is 11.6 Å². The first-order valence-electron chi connectivity index (χ1n) is 7.72. The van der Waals surface area contributed by atoms with Crippen molar-refractivity contribution in [2.24, 2.45) is 0 Å². The number of halogens is 2. The highest BCUT2D eigenvalue weighted by Gasteiger charge is 2.27. The maximum Gasteiger partial charge on any atom is 0.264 e. The van der Waals surface area contributed by atoms with Crippen molar-refractivity contribution >= 4 is 15.7 Å². The van der Waals surface area contributed by atoms with E-state index in [1.165, 1.54) is 0 Å². The Morgan fingerprint density at radius 1 is 1.19 bits per heavy atom. The molecule has 0 fully saturated rings. The highest BCUT2D eigenvalue weighted by atomic mass is 32.2. The maximum atomic E-state index is 13.3. The number of H-pyrrole nitrogens is 1. The summed E-state index contributed by atoms with van der Waals surface area (Å²) in [7, 11) is -4.05. The number of aromatic nitrogens is 3. The van der Waals surface area contributed by atoms with E-state index in [-0.39, 0.29) is 16.5 Å². The van der Waals surface area contributed by atoms with Gasteiger partial charge in [-0.2, -0.15) is 0 Å². The first-order chi connectivity index (χ1) is 12.2. The van der Waals surface area contributed by atoms with Crippen molar-refractivity contribution in [2.45, 2.75) is 32.1 Å². The number of rotatable bonds is 5. The number of nitrogens with one attached hydrogen (secondary N) is 2. The number of aryl methyl sites for hydroxylation is 2. The van der Waals surface area contributed by atoms with Gasteiger partial charge in [0.25, 0.3) is 15.9 Å². The third-order valence-corrected chi connectivity index (χ3v) is 5.45. The molecule has 3 rings (SSSR count). The summed E-state index contributed by atoms with van der Waals surface area (Å²) in [6.45, 7) is 5.02. The second-order valence-corrected chi connectivity index (χ2v) is 7.29. The van der Waals surface area contributed by atoms with Crippen LogP contribution in [-0.2, 0) is 16.4 Å². The fourth-order valence-corrected chi connectivity index (χ4v) is 4.11. The van der Waals surface area contributed by atoms with Gasteiger partial charge in [0.1, 0.15) is 10.6 Å². The fraction of sp³-hybridized carbons (Fsp3) is 0.250. The SMILES string of the molecule is CCc1nnc(-c2[nH]c(C)c(S(=O)(=O)Nc3ccc(F)c(F)c3)c2C)o1. The van der Waals surface area contributed by atoms with E-state index in [0.717, 1.165) is 18.2 Å². The Bertz CT molecular complexity index is 1070. The molecule has 1 aromatic carbocycles. The summed E-state index contributed by atoms with van der Waals surface area (Å²) in [5.41, 5.74) is 1.03. The molecule has 0 aliphatic rings. The van der Waals surface area contributed by atoms with E-state index in [9.17, 15) is 17.2 Å². The predicted molar refractivity (Wildman–Crippen MR) is 90.1 cm³/mol. The van der Waals surface area contributed by atoms with E-state index in [0.29, 0.717) is 29.3 Å². The molecule has 3 aromatic rings. The number of hydrogen-bond acceptors (Lipinski definition) is 5. The minimum Gasteiger partial charge on any atom is -0.419 e. The minimum absolute atomic E-state index is 0.0199. The van der Waals surface area contributed by atoms with Crippen LogP contribution in [0.2, 0.25) is 0 Å². The average molecular weight is 382 g/mol. The van der Waals surface area contributed by atoms with Crippen LogP contribution < -0.4 is 4.72 Å². The first kappa shape index (κ1) is 18.1. The van der Waals surface area contributed by atoms with E-state index < -0.39 is 21.7 Å². The highest BCUT2D eigenvalue weighted by molar-refractivity contribution is 7.92. The van der Waals surface area contributed by atoms with E-state index in [4.69, 9.17) is 4.42 Å². The molecular formula is C16H16F2N4O3S. The molecule has 138 valence electrons. The zero-order chi connectivity index (χ0) is 19.1. The largest absolute Gasteiger partial charge is 0.419 e. The Morgan fingerprint density at radius 3 is 2.54 bits per heavy atom. The van der Waals surface area contributed by atoms with Crippen LogP contribution >= 0.6 is 0 Å². The van der Waals surface area contributed by atoms with E-state index in [1.807, 2.05) is 6.92 Å². The summed E-state index contributed by atoms with van der Waals surface area (Å²) < 4.78 is 59.5. The van der Waals surface area contributed by atoms with Crippen LogP contribution in [0.5, 0.6) is 0 Å². The quantitative estimate of drug-likeness (QED) is 0.705. The van der Waals surface area contributed by atoms with Crippen LogP contribution in [-0.4, -0.2) is 23.6 Å². The molecule has 0 radical (unpaired) electrons. The lowest BCUT2D eigenvalue weighted by Crippen LogP contribution is -2.14. The minimum atomic E-state index is -4.05. The molecule has 2 N–H and O–H groups in total. The third kappa shape index (κ3) is 3.19. The van der Waals surface area contributed by atoms with Gasteiger partial charge < -0.3 is 9.40 Å². The average Bonchev–Trinajstić information content (AvgIpc) is 3.15. The predicted octanol–water partition coefficient (Wildman–Crippen LogP) is 3.32. The van der Waals surface area contributed by atoms with E-state index >= 15 is 0 Å². The van der Waals surface area contributed by atoms with Crippen LogP contribution in [0.15, 0.2) is 27.5 Å². The maximum absolute atomic E-state index is 13.3. The monoisotopic (exact) mass is 382 g/mol. The van der Waals surface area contributed by atoms with Crippen molar-refractivity contribution in [3.8, 4) is 11.6 Å². The standard InChI is InChI=1S/C16H16F2N4O3S/c1-4-13-20-21-16(25-13)14-8(2)15(9(3)19-14)26(23,24)22-10-5-6-11(17)12(18)7-10/h5-7,19,22H,4H2,1-3H3. The second-order valence-electron chi connectivity index (χ2n) is 5.67. The molecule has 0 aliphatic carbocycles. The Balaban J connectivity index is 2.01. The molecule has 0 amide bonds. The van der Waals surface area contributed by atoms with E-state index in [1.54, 1.807) is 13.8 Å². The van der Waals surface area contributed by atoms with Crippen LogP contribution in [0, 0.1) is 25.5 Å². The van der Waals surface area contributed by atoms with Gasteiger partial charge in [-0.05, 0) is 26.0 Å². The molecule has 10 heteroatoms. The van der Waals surface area contributed by atoms with Gasteiger partial charge in [-0.1, -0.05) is 6.92 Å². The molecule has 0 bridgehead atoms. The number of nitrogens with zero attached hydrogens (tertiary/aromatic N) is 2. The molecular weight excluding hydrogens is 366 g/mol. The van der Waals surface area contributed by atoms with Gasteiger partial charge in [0, 0.05) is 23.7 Å². The van der Waals surface area contributed by atoms with Crippen molar-refractivity contribution in [1.29, 1.82) is 0 Å². The lowest BCUT2D eigenvalue weighted by atomic mass is 10.2. The zero-order valence-corrected chi connectivity index (χ0v) is 15.0. The zero-order valence-electron chi connectivity index (χ0n) is 14.2. The van der Waals surface area contributed by atoms with Crippen molar-refractivity contribution in [1.82, 2.24) is 15.2 Å². The van der Waals surface area contributed by atoms with Crippen molar-refractivity contribution in [3.05, 3.63) is 47.0 Å². The summed E-state index contributed by atoms with van der Waals surface area (Å²) >= 11 is 0. The van der Waals surface area contributed by atoms with Crippen LogP contribution in [0.3, 0.4) is 0 Å². The lowest BCUT2D eigenvalue weighted by molar-refractivity contribution is 0.509. The first-order valence-corrected chi connectivity index (χ1v) is 9.21. The molecule has 0 saturated heterocycles. The summed E-state index contributed by atoms with van der Waals surface area (Å²) in [6, 6.07) is 2.76. The number of sulfonamides is 1. The van der Waals surface area contributed by atoms with Crippen molar-refractivity contribution in [3.63, 3.8) is 0 Å². The van der Waals surface area contributed by atoms with Crippen molar-refractivity contribution in [2.75, 3.05) is 4.72 Å². The molecule has 2 heterocycles. The fourth-order valence-electron chi connectivity index (χ4n) is 2.61. The molecule has 0 atom stereocenters. The normalized spacial score (nSPS) is 11.7. The Morgan fingerprint density at radius 2 is 1.92 bits per heavy atom. The van der Waals surface area contributed by atoms with Crippen molar-refractivity contribution < 1.29 is 21.6 Å². The molecule has 0 spiro atoms. The molecule has 0 unspecified atom stereocenters. The number of hydrogen-bond donors (Lipinski definition) is 2. The summed E-state index contributed by atoms with van der Waals surface area (Å²) in [6.07, 6.45) is 0.550. The highest BCUT2D eigenvalue weighted by Crippen LogP contribution is 2.31. The third-order valence-electron chi connectivity index (χ3n) is 3.79. The van der Waals surface area contributed by atoms with Gasteiger partial charge in [-0.3, -0.25) is 4.72 Å². The molecule has 2 aromatic heterocycles. The van der Waals surface area contributed by atoms with Crippen LogP contribution in [0.4, 0.5) is 14.5 Å².